The molecule has 0 aliphatic carbocycles. The molecule has 0 aliphatic rings. The van der Waals surface area contributed by atoms with Gasteiger partial charge < -0.3 is 10.2 Å². The van der Waals surface area contributed by atoms with Crippen molar-refractivity contribution in [2.24, 2.45) is 0 Å². The SMILES string of the molecule is Oc1ccccc1.Oc1ccccc1.[Co]. The zero-order chi connectivity index (χ0) is 10.2. The van der Waals surface area contributed by atoms with E-state index in [1.165, 1.54) is 0 Å². The number of rotatable bonds is 0. The molecule has 0 heterocycles. The zero-order valence-electron chi connectivity index (χ0n) is 8.00. The van der Waals surface area contributed by atoms with E-state index >= 15 is 0 Å². The largest absolute Gasteiger partial charge is 0.508 e. The molecule has 0 aliphatic heterocycles. The molecule has 2 aromatic rings. The summed E-state index contributed by atoms with van der Waals surface area (Å²) in [5.41, 5.74) is 0. The van der Waals surface area contributed by atoms with Crippen molar-refractivity contribution >= 4 is 0 Å². The Bertz CT molecular complexity index is 311. The second kappa shape index (κ2) is 7.91. The molecule has 0 amide bonds. The minimum Gasteiger partial charge on any atom is -0.508 e. The van der Waals surface area contributed by atoms with E-state index in [-0.39, 0.29) is 16.8 Å². The van der Waals surface area contributed by atoms with Gasteiger partial charge in [-0.2, -0.15) is 0 Å². The van der Waals surface area contributed by atoms with Crippen LogP contribution in [0, 0.1) is 0 Å². The van der Waals surface area contributed by atoms with Crippen molar-refractivity contribution in [3.8, 4) is 11.5 Å². The summed E-state index contributed by atoms with van der Waals surface area (Å²) in [7, 11) is 0. The number of hydrogen-bond donors (Lipinski definition) is 2. The number of phenols is 2. The standard InChI is InChI=1S/2C6H6O.Co/c2*7-6-4-2-1-3-5-6;/h2*1-5,7H;. The topological polar surface area (TPSA) is 40.5 Å². The molecule has 15 heavy (non-hydrogen) atoms. The third-order valence-electron chi connectivity index (χ3n) is 1.51. The number of phenolic OH excluding ortho intramolecular Hbond substituents is 2. The summed E-state index contributed by atoms with van der Waals surface area (Å²) >= 11 is 0. The van der Waals surface area contributed by atoms with Crippen molar-refractivity contribution in [3.05, 3.63) is 60.7 Å². The molecular weight excluding hydrogens is 235 g/mol. The van der Waals surface area contributed by atoms with Crippen LogP contribution in [0.4, 0.5) is 0 Å². The second-order valence-electron chi connectivity index (χ2n) is 2.67. The molecule has 0 spiro atoms. The number of aromatic hydroxyl groups is 2. The molecule has 2 rings (SSSR count). The van der Waals surface area contributed by atoms with Gasteiger partial charge in [-0.05, 0) is 24.3 Å². The van der Waals surface area contributed by atoms with Crippen LogP contribution in [0.3, 0.4) is 0 Å². The van der Waals surface area contributed by atoms with Crippen molar-refractivity contribution < 1.29 is 27.0 Å². The van der Waals surface area contributed by atoms with Gasteiger partial charge in [0.15, 0.2) is 0 Å². The average molecular weight is 247 g/mol. The van der Waals surface area contributed by atoms with Gasteiger partial charge in [0.25, 0.3) is 0 Å². The first-order valence-corrected chi connectivity index (χ1v) is 4.27. The first-order valence-electron chi connectivity index (χ1n) is 4.27. The van der Waals surface area contributed by atoms with Crippen LogP contribution in [-0.4, -0.2) is 10.2 Å². The van der Waals surface area contributed by atoms with E-state index in [0.717, 1.165) is 0 Å². The van der Waals surface area contributed by atoms with Crippen LogP contribution in [0.2, 0.25) is 0 Å². The van der Waals surface area contributed by atoms with Crippen LogP contribution in [-0.2, 0) is 16.8 Å². The summed E-state index contributed by atoms with van der Waals surface area (Å²) in [6, 6.07) is 17.4. The molecule has 0 saturated heterocycles. The average Bonchev–Trinajstić information content (AvgIpc) is 2.21. The van der Waals surface area contributed by atoms with Crippen molar-refractivity contribution in [2.45, 2.75) is 0 Å². The molecule has 0 bridgehead atoms. The minimum atomic E-state index is 0. The Balaban J connectivity index is 0.000000245. The second-order valence-corrected chi connectivity index (χ2v) is 2.67. The molecular formula is C12H12CoO2. The Morgan fingerprint density at radius 2 is 0.800 bits per heavy atom. The van der Waals surface area contributed by atoms with Gasteiger partial charge >= 0.3 is 0 Å². The Morgan fingerprint density at radius 3 is 0.933 bits per heavy atom. The molecule has 1 radical (unpaired) electrons. The summed E-state index contributed by atoms with van der Waals surface area (Å²) in [6.45, 7) is 0. The fourth-order valence-corrected chi connectivity index (χ4v) is 0.856. The van der Waals surface area contributed by atoms with Crippen molar-refractivity contribution in [2.75, 3.05) is 0 Å². The van der Waals surface area contributed by atoms with Gasteiger partial charge in [-0.1, -0.05) is 36.4 Å². The van der Waals surface area contributed by atoms with Crippen molar-refractivity contribution in [3.63, 3.8) is 0 Å². The van der Waals surface area contributed by atoms with E-state index in [9.17, 15) is 0 Å². The van der Waals surface area contributed by atoms with Gasteiger partial charge in [0, 0.05) is 16.8 Å². The predicted octanol–water partition coefficient (Wildman–Crippen LogP) is 2.78. The van der Waals surface area contributed by atoms with Crippen molar-refractivity contribution in [1.29, 1.82) is 0 Å². The Kier molecular flexibility index (Phi) is 7.14. The summed E-state index contributed by atoms with van der Waals surface area (Å²) in [5, 5.41) is 17.3. The molecule has 0 aromatic heterocycles. The van der Waals surface area contributed by atoms with E-state index in [0.29, 0.717) is 11.5 Å². The fourth-order valence-electron chi connectivity index (χ4n) is 0.856. The Morgan fingerprint density at radius 1 is 0.533 bits per heavy atom. The smallest absolute Gasteiger partial charge is 0.115 e. The van der Waals surface area contributed by atoms with E-state index in [1.54, 1.807) is 48.5 Å². The normalized spacial score (nSPS) is 8.00. The Labute approximate surface area is 99.4 Å². The third kappa shape index (κ3) is 6.60. The molecule has 0 saturated carbocycles. The van der Waals surface area contributed by atoms with Gasteiger partial charge in [0.1, 0.15) is 11.5 Å². The quantitative estimate of drug-likeness (QED) is 0.751. The van der Waals surface area contributed by atoms with Crippen LogP contribution >= 0.6 is 0 Å². The first kappa shape index (κ1) is 13.5. The zero-order valence-corrected chi connectivity index (χ0v) is 9.04. The molecule has 0 unspecified atom stereocenters. The van der Waals surface area contributed by atoms with Gasteiger partial charge in [0.2, 0.25) is 0 Å². The van der Waals surface area contributed by atoms with Crippen LogP contribution < -0.4 is 0 Å². The van der Waals surface area contributed by atoms with Gasteiger partial charge in [-0.15, -0.1) is 0 Å². The first-order chi connectivity index (χ1) is 6.79. The van der Waals surface area contributed by atoms with E-state index in [1.807, 2.05) is 12.1 Å². The third-order valence-corrected chi connectivity index (χ3v) is 1.51. The van der Waals surface area contributed by atoms with Crippen LogP contribution in [0.25, 0.3) is 0 Å². The Hall–Kier alpha value is -1.45. The molecule has 2 nitrogen and oxygen atoms in total. The molecule has 3 heteroatoms. The van der Waals surface area contributed by atoms with Gasteiger partial charge in [-0.25, -0.2) is 0 Å². The maximum absolute atomic E-state index is 8.63. The van der Waals surface area contributed by atoms with E-state index < -0.39 is 0 Å². The van der Waals surface area contributed by atoms with Gasteiger partial charge in [-0.3, -0.25) is 0 Å². The van der Waals surface area contributed by atoms with E-state index in [2.05, 4.69) is 0 Å². The summed E-state index contributed by atoms with van der Waals surface area (Å²) in [5.74, 6) is 0.644. The van der Waals surface area contributed by atoms with Crippen molar-refractivity contribution in [1.82, 2.24) is 0 Å². The fraction of sp³-hybridized carbons (Fsp3) is 0. The van der Waals surface area contributed by atoms with Crippen LogP contribution in [0.1, 0.15) is 0 Å². The number of hydrogen-bond acceptors (Lipinski definition) is 2. The maximum Gasteiger partial charge on any atom is 0.115 e. The minimum absolute atomic E-state index is 0. The summed E-state index contributed by atoms with van der Waals surface area (Å²) < 4.78 is 0. The molecule has 81 valence electrons. The van der Waals surface area contributed by atoms with E-state index in [4.69, 9.17) is 10.2 Å². The molecule has 2 aromatic carbocycles. The van der Waals surface area contributed by atoms with Gasteiger partial charge in [0.05, 0.1) is 0 Å². The molecule has 0 fully saturated rings. The monoisotopic (exact) mass is 247 g/mol. The summed E-state index contributed by atoms with van der Waals surface area (Å²) in [6.07, 6.45) is 0. The number of benzene rings is 2. The summed E-state index contributed by atoms with van der Waals surface area (Å²) in [4.78, 5) is 0. The predicted molar refractivity (Wildman–Crippen MR) is 56.2 cm³/mol. The van der Waals surface area contributed by atoms with Crippen LogP contribution in [0.5, 0.6) is 11.5 Å². The molecule has 2 N–H and O–H groups in total. The maximum atomic E-state index is 8.63. The molecule has 0 atom stereocenters. The number of para-hydroxylation sites is 2. The van der Waals surface area contributed by atoms with Crippen LogP contribution in [0.15, 0.2) is 60.7 Å².